The van der Waals surface area contributed by atoms with Gasteiger partial charge >= 0.3 is 0 Å². The van der Waals surface area contributed by atoms with Crippen molar-refractivity contribution in [2.24, 2.45) is 0 Å². The molecule has 0 spiro atoms. The van der Waals surface area contributed by atoms with Gasteiger partial charge in [0.05, 0.1) is 4.90 Å². The third-order valence-corrected chi connectivity index (χ3v) is 6.10. The summed E-state index contributed by atoms with van der Waals surface area (Å²) < 4.78 is 27.0. The maximum atomic E-state index is 12.7. The van der Waals surface area contributed by atoms with Crippen molar-refractivity contribution in [1.82, 2.24) is 9.62 Å². The quantitative estimate of drug-likeness (QED) is 0.901. The summed E-state index contributed by atoms with van der Waals surface area (Å²) in [5, 5.41) is 2.76. The first-order valence-electron chi connectivity index (χ1n) is 7.50. The highest BCUT2D eigenvalue weighted by Gasteiger charge is 2.27. The van der Waals surface area contributed by atoms with E-state index in [2.05, 4.69) is 5.32 Å². The molecule has 6 heteroatoms. The predicted octanol–water partition coefficient (Wildman–Crippen LogP) is 1.54. The van der Waals surface area contributed by atoms with Crippen LogP contribution in [0.2, 0.25) is 0 Å². The average molecular weight is 308 g/mol. The van der Waals surface area contributed by atoms with Crippen LogP contribution in [0.5, 0.6) is 0 Å². The molecule has 1 amide bonds. The number of amides is 1. The number of hydrogen-bond acceptors (Lipinski definition) is 3. The van der Waals surface area contributed by atoms with Crippen LogP contribution in [-0.2, 0) is 16.4 Å². The number of nitrogens with one attached hydrogen (secondary N) is 1. The molecule has 2 aliphatic heterocycles. The minimum Gasteiger partial charge on any atom is -0.352 e. The number of carbonyl (C=O) groups is 1. The molecule has 0 atom stereocenters. The van der Waals surface area contributed by atoms with Crippen LogP contribution in [0.4, 0.5) is 0 Å². The molecular weight excluding hydrogens is 288 g/mol. The van der Waals surface area contributed by atoms with Gasteiger partial charge in [0.1, 0.15) is 0 Å². The summed E-state index contributed by atoms with van der Waals surface area (Å²) in [7, 11) is -3.49. The van der Waals surface area contributed by atoms with Crippen LogP contribution in [0, 0.1) is 0 Å². The summed E-state index contributed by atoms with van der Waals surface area (Å²) in [6.45, 7) is 1.77. The van der Waals surface area contributed by atoms with E-state index in [0.717, 1.165) is 37.7 Å². The van der Waals surface area contributed by atoms with Gasteiger partial charge in [-0.3, -0.25) is 4.79 Å². The van der Waals surface area contributed by atoms with E-state index in [9.17, 15) is 13.2 Å². The number of nitrogens with zero attached hydrogens (tertiary/aromatic N) is 1. The molecule has 1 fully saturated rings. The Labute approximate surface area is 125 Å². The number of fused-ring (bicyclic) bond motifs is 1. The standard InChI is InChI=1S/C15H20N2O3S/c18-15-14-11-13(6-5-12(14)7-8-16-15)21(19,20)17-9-3-1-2-4-10-17/h5-6,11H,1-4,7-10H2,(H,16,18). The highest BCUT2D eigenvalue weighted by Crippen LogP contribution is 2.24. The number of benzene rings is 1. The van der Waals surface area contributed by atoms with E-state index in [1.54, 1.807) is 16.4 Å². The first kappa shape index (κ1) is 14.5. The fraction of sp³-hybridized carbons (Fsp3) is 0.533. The lowest BCUT2D eigenvalue weighted by molar-refractivity contribution is 0.0945. The van der Waals surface area contributed by atoms with E-state index in [0.29, 0.717) is 25.2 Å². The van der Waals surface area contributed by atoms with Gasteiger partial charge in [0, 0.05) is 25.2 Å². The molecule has 1 N–H and O–H groups in total. The molecule has 1 aromatic rings. The van der Waals surface area contributed by atoms with Gasteiger partial charge in [-0.05, 0) is 37.0 Å². The Hall–Kier alpha value is -1.40. The van der Waals surface area contributed by atoms with Crippen LogP contribution >= 0.6 is 0 Å². The maximum Gasteiger partial charge on any atom is 0.251 e. The average Bonchev–Trinajstić information content (AvgIpc) is 2.77. The molecule has 1 saturated heterocycles. The number of rotatable bonds is 2. The van der Waals surface area contributed by atoms with Crippen LogP contribution < -0.4 is 5.32 Å². The van der Waals surface area contributed by atoms with Gasteiger partial charge in [0.25, 0.3) is 5.91 Å². The van der Waals surface area contributed by atoms with Gasteiger partial charge in [-0.1, -0.05) is 18.9 Å². The maximum absolute atomic E-state index is 12.7. The lowest BCUT2D eigenvalue weighted by atomic mass is 10.0. The number of carbonyl (C=O) groups excluding carboxylic acids is 1. The Morgan fingerprint density at radius 3 is 2.48 bits per heavy atom. The SMILES string of the molecule is O=C1NCCc2ccc(S(=O)(=O)N3CCCCCC3)cc21. The van der Waals surface area contributed by atoms with Crippen molar-refractivity contribution in [2.45, 2.75) is 37.0 Å². The van der Waals surface area contributed by atoms with Crippen LogP contribution in [0.15, 0.2) is 23.1 Å². The van der Waals surface area contributed by atoms with Gasteiger partial charge in [0.15, 0.2) is 0 Å². The van der Waals surface area contributed by atoms with E-state index in [4.69, 9.17) is 0 Å². The summed E-state index contributed by atoms with van der Waals surface area (Å²) in [5.74, 6) is -0.177. The van der Waals surface area contributed by atoms with Crippen LogP contribution in [0.1, 0.15) is 41.6 Å². The van der Waals surface area contributed by atoms with Crippen molar-refractivity contribution in [3.63, 3.8) is 0 Å². The van der Waals surface area contributed by atoms with Gasteiger partial charge in [-0.15, -0.1) is 0 Å². The third kappa shape index (κ3) is 2.82. The Morgan fingerprint density at radius 2 is 1.76 bits per heavy atom. The number of sulfonamides is 1. The van der Waals surface area contributed by atoms with Crippen molar-refractivity contribution >= 4 is 15.9 Å². The Balaban J connectivity index is 1.95. The van der Waals surface area contributed by atoms with Gasteiger partial charge in [-0.25, -0.2) is 8.42 Å². The summed E-state index contributed by atoms with van der Waals surface area (Å²) in [5.41, 5.74) is 1.42. The molecule has 114 valence electrons. The van der Waals surface area contributed by atoms with E-state index in [1.807, 2.05) is 0 Å². The predicted molar refractivity (Wildman–Crippen MR) is 79.7 cm³/mol. The lowest BCUT2D eigenvalue weighted by Crippen LogP contribution is -2.34. The second-order valence-corrected chi connectivity index (χ2v) is 7.58. The van der Waals surface area contributed by atoms with Crippen LogP contribution in [0.3, 0.4) is 0 Å². The smallest absolute Gasteiger partial charge is 0.251 e. The fourth-order valence-electron chi connectivity index (χ4n) is 2.98. The second kappa shape index (κ2) is 5.77. The monoisotopic (exact) mass is 308 g/mol. The summed E-state index contributed by atoms with van der Waals surface area (Å²) >= 11 is 0. The molecule has 0 aromatic heterocycles. The zero-order valence-electron chi connectivity index (χ0n) is 12.0. The molecule has 5 nitrogen and oxygen atoms in total. The Kier molecular flexibility index (Phi) is 3.99. The van der Waals surface area contributed by atoms with Gasteiger partial charge in [0.2, 0.25) is 10.0 Å². The zero-order chi connectivity index (χ0) is 14.9. The summed E-state index contributed by atoms with van der Waals surface area (Å²) in [4.78, 5) is 12.1. The molecule has 0 aliphatic carbocycles. The molecule has 3 rings (SSSR count). The molecule has 1 aromatic carbocycles. The highest BCUT2D eigenvalue weighted by atomic mass is 32.2. The first-order valence-corrected chi connectivity index (χ1v) is 8.94. The van der Waals surface area contributed by atoms with Crippen LogP contribution in [-0.4, -0.2) is 38.3 Å². The summed E-state index contributed by atoms with van der Waals surface area (Å²) in [6.07, 6.45) is 4.73. The van der Waals surface area contributed by atoms with Gasteiger partial charge in [-0.2, -0.15) is 4.31 Å². The van der Waals surface area contributed by atoms with Crippen molar-refractivity contribution in [3.8, 4) is 0 Å². The van der Waals surface area contributed by atoms with Crippen molar-refractivity contribution in [3.05, 3.63) is 29.3 Å². The normalized spacial score (nSPS) is 20.5. The minimum absolute atomic E-state index is 0.177. The van der Waals surface area contributed by atoms with Crippen molar-refractivity contribution in [2.75, 3.05) is 19.6 Å². The minimum atomic E-state index is -3.49. The molecule has 0 bridgehead atoms. The lowest BCUT2D eigenvalue weighted by Gasteiger charge is -2.22. The molecule has 21 heavy (non-hydrogen) atoms. The van der Waals surface area contributed by atoms with E-state index < -0.39 is 10.0 Å². The second-order valence-electron chi connectivity index (χ2n) is 5.64. The van der Waals surface area contributed by atoms with E-state index >= 15 is 0 Å². The summed E-state index contributed by atoms with van der Waals surface area (Å²) in [6, 6.07) is 4.94. The van der Waals surface area contributed by atoms with Crippen molar-refractivity contribution < 1.29 is 13.2 Å². The fourth-order valence-corrected chi connectivity index (χ4v) is 4.53. The Bertz CT molecular complexity index is 647. The molecule has 0 saturated carbocycles. The molecule has 2 heterocycles. The zero-order valence-corrected chi connectivity index (χ0v) is 12.8. The van der Waals surface area contributed by atoms with Crippen molar-refractivity contribution in [1.29, 1.82) is 0 Å². The largest absolute Gasteiger partial charge is 0.352 e. The van der Waals surface area contributed by atoms with E-state index in [-0.39, 0.29) is 10.8 Å². The Morgan fingerprint density at radius 1 is 1.05 bits per heavy atom. The number of hydrogen-bond donors (Lipinski definition) is 1. The third-order valence-electron chi connectivity index (χ3n) is 4.21. The molecule has 2 aliphatic rings. The first-order chi connectivity index (χ1) is 10.1. The molecule has 0 radical (unpaired) electrons. The van der Waals surface area contributed by atoms with E-state index in [1.165, 1.54) is 6.07 Å². The molecule has 0 unspecified atom stereocenters. The van der Waals surface area contributed by atoms with Crippen LogP contribution in [0.25, 0.3) is 0 Å². The van der Waals surface area contributed by atoms with Gasteiger partial charge < -0.3 is 5.32 Å². The highest BCUT2D eigenvalue weighted by molar-refractivity contribution is 7.89. The molecular formula is C15H20N2O3S. The topological polar surface area (TPSA) is 66.5 Å².